The third-order valence-electron chi connectivity index (χ3n) is 7.02. The summed E-state index contributed by atoms with van der Waals surface area (Å²) in [6, 6.07) is 41.8. The fourth-order valence-corrected chi connectivity index (χ4v) is 4.91. The molecule has 0 aliphatic rings. The van der Waals surface area contributed by atoms with Gasteiger partial charge in [0.2, 0.25) is 0 Å². The maximum atomic E-state index is 2.44. The molecule has 4 aromatic carbocycles. The molecule has 0 aliphatic heterocycles. The van der Waals surface area contributed by atoms with Crippen molar-refractivity contribution in [2.45, 2.75) is 38.0 Å². The molecule has 0 heteroatoms. The summed E-state index contributed by atoms with van der Waals surface area (Å²) in [6.45, 7) is 7.08. The highest BCUT2D eigenvalue weighted by Gasteiger charge is 2.48. The third-order valence-corrected chi connectivity index (χ3v) is 7.02. The molecule has 0 saturated heterocycles. The smallest absolute Gasteiger partial charge is 0.0271 e. The number of aryl methyl sites for hydroxylation is 1. The summed E-state index contributed by atoms with van der Waals surface area (Å²) in [7, 11) is 0. The summed E-state index contributed by atoms with van der Waals surface area (Å²) in [5.74, 6) is 0. The summed E-state index contributed by atoms with van der Waals surface area (Å²) >= 11 is 0. The van der Waals surface area contributed by atoms with E-state index in [1.165, 1.54) is 27.8 Å². The van der Waals surface area contributed by atoms with E-state index in [1.54, 1.807) is 0 Å². The van der Waals surface area contributed by atoms with Crippen LogP contribution in [0, 0.1) is 6.92 Å². The lowest BCUT2D eigenvalue weighted by atomic mass is 9.54. The molecule has 4 aromatic rings. The largest absolute Gasteiger partial charge is 0.0622 e. The van der Waals surface area contributed by atoms with Crippen LogP contribution < -0.4 is 0 Å². The molecule has 0 fully saturated rings. The number of hydrogen-bond acceptors (Lipinski definition) is 0. The molecular weight excluding hydrogens is 360 g/mol. The fourth-order valence-electron chi connectivity index (χ4n) is 4.91. The lowest BCUT2D eigenvalue weighted by Gasteiger charge is -2.49. The Morgan fingerprint density at radius 1 is 0.500 bits per heavy atom. The molecule has 0 unspecified atom stereocenters. The van der Waals surface area contributed by atoms with Gasteiger partial charge in [0, 0.05) is 10.8 Å². The topological polar surface area (TPSA) is 0 Å². The molecule has 0 spiro atoms. The summed E-state index contributed by atoms with van der Waals surface area (Å²) in [5, 5.41) is 0. The minimum atomic E-state index is -0.209. The van der Waals surface area contributed by atoms with Crippen molar-refractivity contribution < 1.29 is 0 Å². The van der Waals surface area contributed by atoms with E-state index in [0.29, 0.717) is 0 Å². The molecule has 0 N–H and O–H groups in total. The van der Waals surface area contributed by atoms with Gasteiger partial charge >= 0.3 is 0 Å². The molecular formula is C30H30. The lowest BCUT2D eigenvalue weighted by molar-refractivity contribution is 0.298. The van der Waals surface area contributed by atoms with Crippen LogP contribution in [0.4, 0.5) is 0 Å². The van der Waals surface area contributed by atoms with Crippen LogP contribution in [0.15, 0.2) is 115 Å². The van der Waals surface area contributed by atoms with Crippen LogP contribution in [-0.4, -0.2) is 0 Å². The normalized spacial score (nSPS) is 13.6. The molecule has 4 rings (SSSR count). The Bertz CT molecular complexity index is 1040. The summed E-state index contributed by atoms with van der Waals surface area (Å²) in [4.78, 5) is 0. The molecule has 30 heavy (non-hydrogen) atoms. The van der Waals surface area contributed by atoms with Crippen LogP contribution in [0.25, 0.3) is 0 Å². The van der Waals surface area contributed by atoms with E-state index < -0.39 is 0 Å². The summed E-state index contributed by atoms with van der Waals surface area (Å²) in [6.07, 6.45) is 0.962. The van der Waals surface area contributed by atoms with Gasteiger partial charge in [0.15, 0.2) is 0 Å². The van der Waals surface area contributed by atoms with Gasteiger partial charge in [-0.15, -0.1) is 0 Å². The highest BCUT2D eigenvalue weighted by atomic mass is 14.5. The van der Waals surface area contributed by atoms with E-state index in [0.717, 1.165) is 6.42 Å². The Labute approximate surface area is 181 Å². The first-order valence-electron chi connectivity index (χ1n) is 10.8. The highest BCUT2D eigenvalue weighted by Crippen LogP contribution is 2.50. The number of rotatable bonds is 6. The first-order valence-corrected chi connectivity index (χ1v) is 10.8. The van der Waals surface area contributed by atoms with Crippen molar-refractivity contribution in [3.8, 4) is 0 Å². The molecule has 1 atom stereocenters. The van der Waals surface area contributed by atoms with Crippen LogP contribution in [0.1, 0.15) is 41.7 Å². The predicted octanol–water partition coefficient (Wildman–Crippen LogP) is 7.50. The van der Waals surface area contributed by atoms with E-state index >= 15 is 0 Å². The molecule has 0 radical (unpaired) electrons. The SMILES string of the molecule is Cc1ccccc1C[C@](C)(c1ccccc1)C(C)(c1ccccc1)c1ccccc1. The highest BCUT2D eigenvalue weighted by molar-refractivity contribution is 5.49. The van der Waals surface area contributed by atoms with Gasteiger partial charge in [-0.3, -0.25) is 0 Å². The first-order chi connectivity index (χ1) is 14.6. The van der Waals surface area contributed by atoms with E-state index in [4.69, 9.17) is 0 Å². The van der Waals surface area contributed by atoms with Gasteiger partial charge in [-0.25, -0.2) is 0 Å². The quantitative estimate of drug-likeness (QED) is 0.320. The zero-order chi connectivity index (χ0) is 21.0. The van der Waals surface area contributed by atoms with Gasteiger partial charge in [0.05, 0.1) is 0 Å². The minimum Gasteiger partial charge on any atom is -0.0622 e. The van der Waals surface area contributed by atoms with Crippen LogP contribution in [0.2, 0.25) is 0 Å². The Kier molecular flexibility index (Phi) is 5.59. The lowest BCUT2D eigenvalue weighted by Crippen LogP contribution is -2.47. The van der Waals surface area contributed by atoms with E-state index in [2.05, 4.69) is 136 Å². The molecule has 0 saturated carbocycles. The van der Waals surface area contributed by atoms with Crippen molar-refractivity contribution >= 4 is 0 Å². The second-order valence-corrected chi connectivity index (χ2v) is 8.66. The Balaban J connectivity index is 2.01. The maximum absolute atomic E-state index is 2.44. The van der Waals surface area contributed by atoms with E-state index in [9.17, 15) is 0 Å². The van der Waals surface area contributed by atoms with Crippen LogP contribution >= 0.6 is 0 Å². The first kappa shape index (κ1) is 20.2. The average Bonchev–Trinajstić information content (AvgIpc) is 2.81. The second-order valence-electron chi connectivity index (χ2n) is 8.66. The molecule has 0 aromatic heterocycles. The van der Waals surface area contributed by atoms with Gasteiger partial charge < -0.3 is 0 Å². The van der Waals surface area contributed by atoms with Gasteiger partial charge in [-0.05, 0) is 41.2 Å². The second kappa shape index (κ2) is 8.32. The monoisotopic (exact) mass is 390 g/mol. The predicted molar refractivity (Wildman–Crippen MR) is 128 cm³/mol. The van der Waals surface area contributed by atoms with Crippen molar-refractivity contribution in [3.05, 3.63) is 143 Å². The molecule has 0 bridgehead atoms. The van der Waals surface area contributed by atoms with Gasteiger partial charge in [-0.1, -0.05) is 129 Å². The van der Waals surface area contributed by atoms with Crippen molar-refractivity contribution in [1.82, 2.24) is 0 Å². The molecule has 0 aliphatic carbocycles. The summed E-state index contributed by atoms with van der Waals surface area (Å²) in [5.41, 5.74) is 6.45. The third kappa shape index (κ3) is 3.48. The molecule has 0 amide bonds. The average molecular weight is 391 g/mol. The fraction of sp³-hybridized carbons (Fsp3) is 0.200. The molecule has 0 heterocycles. The van der Waals surface area contributed by atoms with Crippen molar-refractivity contribution in [1.29, 1.82) is 0 Å². The summed E-state index contributed by atoms with van der Waals surface area (Å²) < 4.78 is 0. The number of benzene rings is 4. The minimum absolute atomic E-state index is 0.150. The standard InChI is InChI=1S/C30H30/c1-24-15-13-14-16-25(24)23-29(2,26-17-7-4-8-18-26)30(3,27-19-9-5-10-20-27)28-21-11-6-12-22-28/h4-22H,23H2,1-3H3/t29-/m1/s1. The van der Waals surface area contributed by atoms with E-state index in [-0.39, 0.29) is 10.8 Å². The van der Waals surface area contributed by atoms with E-state index in [1.807, 2.05) is 0 Å². The Hall–Kier alpha value is -3.12. The molecule has 0 nitrogen and oxygen atoms in total. The van der Waals surface area contributed by atoms with Crippen LogP contribution in [-0.2, 0) is 17.3 Å². The van der Waals surface area contributed by atoms with Crippen molar-refractivity contribution in [2.75, 3.05) is 0 Å². The Morgan fingerprint density at radius 3 is 1.37 bits per heavy atom. The van der Waals surface area contributed by atoms with Crippen molar-refractivity contribution in [2.24, 2.45) is 0 Å². The number of hydrogen-bond donors (Lipinski definition) is 0. The Morgan fingerprint density at radius 2 is 0.900 bits per heavy atom. The molecule has 150 valence electrons. The van der Waals surface area contributed by atoms with Gasteiger partial charge in [0.1, 0.15) is 0 Å². The maximum Gasteiger partial charge on any atom is 0.0271 e. The van der Waals surface area contributed by atoms with Gasteiger partial charge in [0.25, 0.3) is 0 Å². The zero-order valence-corrected chi connectivity index (χ0v) is 18.2. The zero-order valence-electron chi connectivity index (χ0n) is 18.2. The van der Waals surface area contributed by atoms with Crippen molar-refractivity contribution in [3.63, 3.8) is 0 Å². The van der Waals surface area contributed by atoms with Crippen LogP contribution in [0.3, 0.4) is 0 Å². The van der Waals surface area contributed by atoms with Gasteiger partial charge in [-0.2, -0.15) is 0 Å². The van der Waals surface area contributed by atoms with Crippen LogP contribution in [0.5, 0.6) is 0 Å².